The largest absolute Gasteiger partial charge is 0.394 e. The fourth-order valence-electron chi connectivity index (χ4n) is 13.6. The molecule has 0 aromatic rings. The van der Waals surface area contributed by atoms with Crippen molar-refractivity contribution in [2.45, 2.75) is 480 Å². The van der Waals surface area contributed by atoms with Crippen molar-refractivity contribution in [2.24, 2.45) is 0 Å². The molecule has 11 heteroatoms. The summed E-state index contributed by atoms with van der Waals surface area (Å²) in [5.41, 5.74) is 0. The summed E-state index contributed by atoms with van der Waals surface area (Å²) in [4.78, 5) is 13.3. The van der Waals surface area contributed by atoms with Gasteiger partial charge in [0.15, 0.2) is 6.29 Å². The van der Waals surface area contributed by atoms with Crippen LogP contribution in [0.25, 0.3) is 0 Å². The molecule has 1 saturated heterocycles. The van der Waals surface area contributed by atoms with Crippen LogP contribution in [0.4, 0.5) is 0 Å². The van der Waals surface area contributed by atoms with Gasteiger partial charge in [0.2, 0.25) is 5.91 Å². The summed E-state index contributed by atoms with van der Waals surface area (Å²) in [6.07, 6.45) is 72.3. The summed E-state index contributed by atoms with van der Waals surface area (Å²) in [7, 11) is 0. The Labute approximate surface area is 551 Å². The van der Waals surface area contributed by atoms with Crippen LogP contribution in [0, 0.1) is 0 Å². The number of carbonyl (C=O) groups excluding carboxylic acids is 1. The molecule has 1 amide bonds. The summed E-state index contributed by atoms with van der Waals surface area (Å²) in [6.45, 7) is 3.54. The number of hydrogen-bond donors (Lipinski definition) is 8. The van der Waals surface area contributed by atoms with Gasteiger partial charge >= 0.3 is 0 Å². The first-order chi connectivity index (χ1) is 43.7. The maximum atomic E-state index is 13.3. The fourth-order valence-corrected chi connectivity index (χ4v) is 13.6. The highest BCUT2D eigenvalue weighted by Gasteiger charge is 2.44. The zero-order chi connectivity index (χ0) is 64.6. The Morgan fingerprint density at radius 3 is 0.831 bits per heavy atom. The number of unbranched alkanes of at least 4 members (excludes halogenated alkanes) is 60. The van der Waals surface area contributed by atoms with Crippen LogP contribution in [0.1, 0.15) is 425 Å². The number of nitrogens with one attached hydrogen (secondary N) is 1. The Balaban J connectivity index is 2.09. The quantitative estimate of drug-likeness (QED) is 0.0272. The third-order valence-corrected chi connectivity index (χ3v) is 19.9. The van der Waals surface area contributed by atoms with E-state index in [4.69, 9.17) is 9.47 Å². The zero-order valence-corrected chi connectivity index (χ0v) is 59.2. The van der Waals surface area contributed by atoms with Crippen molar-refractivity contribution in [3.63, 3.8) is 0 Å². The first kappa shape index (κ1) is 86.1. The molecule has 8 N–H and O–H groups in total. The average Bonchev–Trinajstić information content (AvgIpc) is 3.68. The molecule has 9 atom stereocenters. The third-order valence-electron chi connectivity index (χ3n) is 19.9. The van der Waals surface area contributed by atoms with E-state index in [0.29, 0.717) is 19.3 Å². The van der Waals surface area contributed by atoms with Crippen LogP contribution in [-0.2, 0) is 14.3 Å². The molecular formula is C78H155NO10. The molecule has 89 heavy (non-hydrogen) atoms. The lowest BCUT2D eigenvalue weighted by Crippen LogP contribution is -2.60. The van der Waals surface area contributed by atoms with Gasteiger partial charge in [-0.05, 0) is 12.8 Å². The van der Waals surface area contributed by atoms with Crippen molar-refractivity contribution in [2.75, 3.05) is 13.2 Å². The molecule has 1 aliphatic rings. The summed E-state index contributed by atoms with van der Waals surface area (Å²) in [5, 5.41) is 76.7. The minimum absolute atomic E-state index is 0.268. The Hall–Kier alpha value is -0.890. The van der Waals surface area contributed by atoms with Crippen molar-refractivity contribution < 1.29 is 50.0 Å². The molecule has 1 rings (SSSR count). The van der Waals surface area contributed by atoms with Gasteiger partial charge in [0.25, 0.3) is 0 Å². The molecule has 1 aliphatic heterocycles. The second-order valence-electron chi connectivity index (χ2n) is 28.5. The van der Waals surface area contributed by atoms with Gasteiger partial charge in [0, 0.05) is 0 Å². The molecule has 532 valence electrons. The van der Waals surface area contributed by atoms with E-state index < -0.39 is 74.2 Å². The molecule has 0 aliphatic carbocycles. The van der Waals surface area contributed by atoms with Gasteiger partial charge in [-0.3, -0.25) is 4.79 Å². The van der Waals surface area contributed by atoms with Crippen LogP contribution in [0.5, 0.6) is 0 Å². The Morgan fingerprint density at radius 2 is 0.584 bits per heavy atom. The number of ether oxygens (including phenoxy) is 2. The second-order valence-corrected chi connectivity index (χ2v) is 28.5. The summed E-state index contributed by atoms with van der Waals surface area (Å²) in [5.74, 6) is -0.685. The van der Waals surface area contributed by atoms with Crippen LogP contribution in [0.3, 0.4) is 0 Å². The lowest BCUT2D eigenvalue weighted by molar-refractivity contribution is -0.303. The summed E-state index contributed by atoms with van der Waals surface area (Å²) in [6, 6.07) is -1.17. The van der Waals surface area contributed by atoms with Gasteiger partial charge in [-0.2, -0.15) is 0 Å². The van der Waals surface area contributed by atoms with E-state index in [2.05, 4.69) is 19.2 Å². The van der Waals surface area contributed by atoms with Crippen LogP contribution in [0.2, 0.25) is 0 Å². The van der Waals surface area contributed by atoms with Crippen LogP contribution < -0.4 is 5.32 Å². The molecule has 0 aromatic carbocycles. The van der Waals surface area contributed by atoms with E-state index in [1.165, 1.54) is 347 Å². The minimum atomic E-state index is -1.66. The SMILES string of the molecule is CCCCCCCCCCCCCCCCCCCCCCCCCCCCCCCCCCCCCCCCC(O)C(=O)NC(COC1OC(CO)C(O)C(O)C1O)C(O)C(O)CCCCCCCCCCCCCCCCCCCCCCCCCC. The van der Waals surface area contributed by atoms with Gasteiger partial charge in [-0.1, -0.05) is 412 Å². The van der Waals surface area contributed by atoms with Gasteiger partial charge in [0.05, 0.1) is 25.4 Å². The Morgan fingerprint density at radius 1 is 0.348 bits per heavy atom. The molecule has 9 unspecified atom stereocenters. The monoisotopic (exact) mass is 1270 g/mol. The smallest absolute Gasteiger partial charge is 0.249 e. The van der Waals surface area contributed by atoms with E-state index in [0.717, 1.165) is 38.5 Å². The van der Waals surface area contributed by atoms with E-state index >= 15 is 0 Å². The van der Waals surface area contributed by atoms with Crippen molar-refractivity contribution in [3.05, 3.63) is 0 Å². The van der Waals surface area contributed by atoms with Crippen molar-refractivity contribution in [1.29, 1.82) is 0 Å². The highest BCUT2D eigenvalue weighted by atomic mass is 16.7. The number of aliphatic hydroxyl groups is 7. The van der Waals surface area contributed by atoms with Crippen LogP contribution in [-0.4, -0.2) is 110 Å². The van der Waals surface area contributed by atoms with Gasteiger partial charge in [-0.25, -0.2) is 0 Å². The second kappa shape index (κ2) is 67.1. The molecule has 1 fully saturated rings. The Kier molecular flexibility index (Phi) is 64.9. The summed E-state index contributed by atoms with van der Waals surface area (Å²) >= 11 is 0. The highest BCUT2D eigenvalue weighted by molar-refractivity contribution is 5.80. The summed E-state index contributed by atoms with van der Waals surface area (Å²) < 4.78 is 11.2. The first-order valence-corrected chi connectivity index (χ1v) is 39.9. The van der Waals surface area contributed by atoms with Gasteiger partial charge in [-0.15, -0.1) is 0 Å². The van der Waals surface area contributed by atoms with Crippen molar-refractivity contribution in [3.8, 4) is 0 Å². The number of amides is 1. The van der Waals surface area contributed by atoms with E-state index in [9.17, 15) is 40.5 Å². The maximum Gasteiger partial charge on any atom is 0.249 e. The normalized spacial score (nSPS) is 18.4. The number of aliphatic hydroxyl groups excluding tert-OH is 7. The lowest BCUT2D eigenvalue weighted by atomic mass is 9.98. The Bertz CT molecular complexity index is 1410. The average molecular weight is 1270 g/mol. The van der Waals surface area contributed by atoms with E-state index in [1.54, 1.807) is 0 Å². The molecule has 0 saturated carbocycles. The highest BCUT2D eigenvalue weighted by Crippen LogP contribution is 2.25. The van der Waals surface area contributed by atoms with Gasteiger partial charge in [0.1, 0.15) is 36.6 Å². The first-order valence-electron chi connectivity index (χ1n) is 39.9. The fraction of sp³-hybridized carbons (Fsp3) is 0.987. The predicted octanol–water partition coefficient (Wildman–Crippen LogP) is 20.4. The molecule has 0 bridgehead atoms. The maximum absolute atomic E-state index is 13.3. The standard InChI is InChI=1S/C78H155NO10/c1-3-5-7-9-11-13-15-17-19-21-23-25-27-29-30-31-32-33-34-35-36-37-38-39-40-41-42-44-46-48-50-52-54-56-58-60-62-64-66-71(82)77(87)79-69(68-88-78-76(86)75(85)74(84)72(67-80)89-78)73(83)70(81)65-63-61-59-57-55-53-51-49-47-45-43-28-26-24-22-20-18-16-14-12-10-8-6-4-2/h69-76,78,80-86H,3-68H2,1-2H3,(H,79,87). The predicted molar refractivity (Wildman–Crippen MR) is 377 cm³/mol. The molecular weight excluding hydrogens is 1110 g/mol. The van der Waals surface area contributed by atoms with Crippen LogP contribution >= 0.6 is 0 Å². The third kappa shape index (κ3) is 54.0. The number of carbonyl (C=O) groups is 1. The van der Waals surface area contributed by atoms with Gasteiger partial charge < -0.3 is 50.5 Å². The molecule has 11 nitrogen and oxygen atoms in total. The van der Waals surface area contributed by atoms with Crippen molar-refractivity contribution in [1.82, 2.24) is 5.32 Å². The van der Waals surface area contributed by atoms with E-state index in [-0.39, 0.29) is 6.42 Å². The molecule has 0 spiro atoms. The van der Waals surface area contributed by atoms with Crippen molar-refractivity contribution >= 4 is 5.91 Å². The van der Waals surface area contributed by atoms with E-state index in [1.807, 2.05) is 0 Å². The molecule has 1 heterocycles. The topological polar surface area (TPSA) is 189 Å². The number of hydrogen-bond acceptors (Lipinski definition) is 10. The minimum Gasteiger partial charge on any atom is -0.394 e. The molecule has 0 aromatic heterocycles. The lowest BCUT2D eigenvalue weighted by Gasteiger charge is -2.40. The number of rotatable bonds is 72. The zero-order valence-electron chi connectivity index (χ0n) is 59.2. The van der Waals surface area contributed by atoms with Crippen LogP contribution in [0.15, 0.2) is 0 Å². The molecule has 0 radical (unpaired) electrons.